The molecule has 0 radical (unpaired) electrons. The first-order valence-corrected chi connectivity index (χ1v) is 9.18. The number of pyridine rings is 1. The number of sulfonamides is 1. The van der Waals surface area contributed by atoms with Crippen molar-refractivity contribution < 1.29 is 13.2 Å². The van der Waals surface area contributed by atoms with Crippen LogP contribution in [-0.2, 0) is 17.1 Å². The predicted octanol–water partition coefficient (Wildman–Crippen LogP) is 1.64. The molecular formula is C17H17N5O3S. The van der Waals surface area contributed by atoms with Gasteiger partial charge in [-0.3, -0.25) is 14.5 Å². The molecule has 26 heavy (non-hydrogen) atoms. The van der Waals surface area contributed by atoms with Gasteiger partial charge in [-0.05, 0) is 30.3 Å². The van der Waals surface area contributed by atoms with Gasteiger partial charge in [-0.25, -0.2) is 13.1 Å². The summed E-state index contributed by atoms with van der Waals surface area (Å²) < 4.78 is 28.6. The Morgan fingerprint density at radius 1 is 1.15 bits per heavy atom. The Labute approximate surface area is 150 Å². The number of nitrogens with zero attached hydrogens (tertiary/aromatic N) is 3. The first kappa shape index (κ1) is 17.6. The molecule has 3 aromatic rings. The van der Waals surface area contributed by atoms with E-state index in [1.54, 1.807) is 50.8 Å². The number of hydrogen-bond donors (Lipinski definition) is 2. The quantitative estimate of drug-likeness (QED) is 0.706. The first-order chi connectivity index (χ1) is 12.4. The Morgan fingerprint density at radius 3 is 2.58 bits per heavy atom. The van der Waals surface area contributed by atoms with Gasteiger partial charge in [-0.2, -0.15) is 5.10 Å². The van der Waals surface area contributed by atoms with Crippen LogP contribution in [-0.4, -0.2) is 36.1 Å². The van der Waals surface area contributed by atoms with Crippen LogP contribution in [0.3, 0.4) is 0 Å². The summed E-state index contributed by atoms with van der Waals surface area (Å²) in [5.41, 5.74) is 1.83. The number of carbonyl (C=O) groups is 1. The van der Waals surface area contributed by atoms with E-state index in [2.05, 4.69) is 20.1 Å². The standard InChI is InChI=1S/C17H17N5O3S/c1-18-13-4-3-5-14(10-13)26(24,25)21-17(23)15-11-22(2)20-16(15)12-6-8-19-9-7-12/h3-11,18H,1-2H3,(H,21,23). The number of benzene rings is 1. The van der Waals surface area contributed by atoms with Crippen molar-refractivity contribution in [2.75, 3.05) is 12.4 Å². The van der Waals surface area contributed by atoms with Crippen molar-refractivity contribution in [2.45, 2.75) is 4.90 Å². The normalized spacial score (nSPS) is 11.2. The highest BCUT2D eigenvalue weighted by Gasteiger charge is 2.23. The average molecular weight is 371 g/mol. The number of amides is 1. The number of aromatic nitrogens is 3. The monoisotopic (exact) mass is 371 g/mol. The second-order valence-electron chi connectivity index (χ2n) is 5.51. The molecule has 0 spiro atoms. The van der Waals surface area contributed by atoms with Crippen molar-refractivity contribution in [3.8, 4) is 11.3 Å². The minimum Gasteiger partial charge on any atom is -0.388 e. The number of anilines is 1. The Balaban J connectivity index is 1.93. The van der Waals surface area contributed by atoms with E-state index in [9.17, 15) is 13.2 Å². The van der Waals surface area contributed by atoms with Gasteiger partial charge < -0.3 is 5.32 Å². The molecule has 0 unspecified atom stereocenters. The third kappa shape index (κ3) is 3.57. The van der Waals surface area contributed by atoms with E-state index in [1.807, 2.05) is 0 Å². The van der Waals surface area contributed by atoms with Crippen LogP contribution in [0, 0.1) is 0 Å². The van der Waals surface area contributed by atoms with E-state index >= 15 is 0 Å². The second kappa shape index (κ2) is 6.96. The smallest absolute Gasteiger partial charge is 0.268 e. The fourth-order valence-corrected chi connectivity index (χ4v) is 3.44. The third-order valence-corrected chi connectivity index (χ3v) is 5.02. The minimum absolute atomic E-state index is 0.00736. The Bertz CT molecular complexity index is 1050. The first-order valence-electron chi connectivity index (χ1n) is 7.70. The summed E-state index contributed by atoms with van der Waals surface area (Å²) in [6.07, 6.45) is 4.63. The average Bonchev–Trinajstić information content (AvgIpc) is 3.04. The zero-order chi connectivity index (χ0) is 18.7. The van der Waals surface area contributed by atoms with E-state index in [0.29, 0.717) is 16.9 Å². The summed E-state index contributed by atoms with van der Waals surface area (Å²) in [4.78, 5) is 16.5. The summed E-state index contributed by atoms with van der Waals surface area (Å²) >= 11 is 0. The highest BCUT2D eigenvalue weighted by molar-refractivity contribution is 7.90. The van der Waals surface area contributed by atoms with E-state index < -0.39 is 15.9 Å². The topological polar surface area (TPSA) is 106 Å². The lowest BCUT2D eigenvalue weighted by Gasteiger charge is -2.08. The minimum atomic E-state index is -4.02. The molecule has 2 heterocycles. The molecule has 8 nitrogen and oxygen atoms in total. The lowest BCUT2D eigenvalue weighted by atomic mass is 10.1. The van der Waals surface area contributed by atoms with E-state index in [0.717, 1.165) is 0 Å². The molecule has 1 amide bonds. The summed E-state index contributed by atoms with van der Waals surface area (Å²) in [6, 6.07) is 9.58. The molecular weight excluding hydrogens is 354 g/mol. The summed E-state index contributed by atoms with van der Waals surface area (Å²) in [5, 5.41) is 7.12. The van der Waals surface area contributed by atoms with Crippen LogP contribution in [0.5, 0.6) is 0 Å². The highest BCUT2D eigenvalue weighted by atomic mass is 32.2. The van der Waals surface area contributed by atoms with Crippen LogP contribution < -0.4 is 10.0 Å². The summed E-state index contributed by atoms with van der Waals surface area (Å²) in [5.74, 6) is -0.750. The van der Waals surface area contributed by atoms with Gasteiger partial charge in [0.2, 0.25) is 0 Å². The molecule has 0 saturated heterocycles. The van der Waals surface area contributed by atoms with E-state index in [1.165, 1.54) is 23.0 Å². The van der Waals surface area contributed by atoms with Crippen LogP contribution >= 0.6 is 0 Å². The zero-order valence-electron chi connectivity index (χ0n) is 14.2. The second-order valence-corrected chi connectivity index (χ2v) is 7.20. The van der Waals surface area contributed by atoms with Crippen LogP contribution in [0.15, 0.2) is 59.9 Å². The van der Waals surface area contributed by atoms with Crippen LogP contribution in [0.2, 0.25) is 0 Å². The molecule has 2 N–H and O–H groups in total. The van der Waals surface area contributed by atoms with Gasteiger partial charge in [0.05, 0.1) is 10.5 Å². The van der Waals surface area contributed by atoms with Gasteiger partial charge in [0, 0.05) is 43.9 Å². The molecule has 9 heteroatoms. The van der Waals surface area contributed by atoms with Crippen LogP contribution in [0.1, 0.15) is 10.4 Å². The lowest BCUT2D eigenvalue weighted by Crippen LogP contribution is -2.30. The van der Waals surface area contributed by atoms with Gasteiger partial charge in [0.25, 0.3) is 15.9 Å². The van der Waals surface area contributed by atoms with Crippen molar-refractivity contribution in [1.29, 1.82) is 0 Å². The molecule has 0 fully saturated rings. The van der Waals surface area contributed by atoms with Gasteiger partial charge in [-0.1, -0.05) is 6.07 Å². The van der Waals surface area contributed by atoms with Crippen molar-refractivity contribution >= 4 is 21.6 Å². The molecule has 0 saturated carbocycles. The zero-order valence-corrected chi connectivity index (χ0v) is 15.0. The maximum atomic E-state index is 12.6. The molecule has 3 rings (SSSR count). The Hall–Kier alpha value is -3.20. The lowest BCUT2D eigenvalue weighted by molar-refractivity contribution is 0.0982. The fourth-order valence-electron chi connectivity index (χ4n) is 2.43. The van der Waals surface area contributed by atoms with Gasteiger partial charge in [0.15, 0.2) is 0 Å². The number of hydrogen-bond acceptors (Lipinski definition) is 6. The van der Waals surface area contributed by atoms with Gasteiger partial charge in [0.1, 0.15) is 5.69 Å². The summed E-state index contributed by atoms with van der Waals surface area (Å²) in [6.45, 7) is 0. The van der Waals surface area contributed by atoms with Gasteiger partial charge in [-0.15, -0.1) is 0 Å². The SMILES string of the molecule is CNc1cccc(S(=O)(=O)NC(=O)c2cn(C)nc2-c2ccncc2)c1. The summed E-state index contributed by atoms with van der Waals surface area (Å²) in [7, 11) is -0.678. The highest BCUT2D eigenvalue weighted by Crippen LogP contribution is 2.22. The van der Waals surface area contributed by atoms with Gasteiger partial charge >= 0.3 is 0 Å². The molecule has 0 aliphatic rings. The number of aryl methyl sites for hydroxylation is 1. The maximum absolute atomic E-state index is 12.6. The number of nitrogens with one attached hydrogen (secondary N) is 2. The Kier molecular flexibility index (Phi) is 4.72. The van der Waals surface area contributed by atoms with E-state index in [4.69, 9.17) is 0 Å². The predicted molar refractivity (Wildman–Crippen MR) is 97.1 cm³/mol. The number of rotatable bonds is 5. The largest absolute Gasteiger partial charge is 0.388 e. The van der Waals surface area contributed by atoms with Crippen molar-refractivity contribution in [3.63, 3.8) is 0 Å². The molecule has 0 atom stereocenters. The molecule has 0 aliphatic carbocycles. The van der Waals surface area contributed by atoms with Crippen molar-refractivity contribution in [3.05, 3.63) is 60.6 Å². The van der Waals surface area contributed by atoms with Crippen LogP contribution in [0.4, 0.5) is 5.69 Å². The third-order valence-electron chi connectivity index (χ3n) is 3.69. The fraction of sp³-hybridized carbons (Fsp3) is 0.118. The molecule has 2 aromatic heterocycles. The van der Waals surface area contributed by atoms with Crippen molar-refractivity contribution in [1.82, 2.24) is 19.5 Å². The van der Waals surface area contributed by atoms with Crippen molar-refractivity contribution in [2.24, 2.45) is 7.05 Å². The Morgan fingerprint density at radius 2 is 1.88 bits per heavy atom. The van der Waals surface area contributed by atoms with E-state index in [-0.39, 0.29) is 10.5 Å². The number of carbonyl (C=O) groups excluding carboxylic acids is 1. The van der Waals surface area contributed by atoms with Crippen LogP contribution in [0.25, 0.3) is 11.3 Å². The molecule has 0 bridgehead atoms. The molecule has 1 aromatic carbocycles. The maximum Gasteiger partial charge on any atom is 0.268 e. The molecule has 0 aliphatic heterocycles. The molecule has 134 valence electrons.